The van der Waals surface area contributed by atoms with E-state index < -0.39 is 0 Å². The minimum Gasteiger partial charge on any atom is -0.328 e. The molecule has 3 nitrogen and oxygen atoms in total. The van der Waals surface area contributed by atoms with Gasteiger partial charge in [0.15, 0.2) is 5.82 Å². The second-order valence-electron chi connectivity index (χ2n) is 3.89. The summed E-state index contributed by atoms with van der Waals surface area (Å²) in [6, 6.07) is 9.82. The van der Waals surface area contributed by atoms with E-state index in [1.54, 1.807) is 6.20 Å². The highest BCUT2D eigenvalue weighted by molar-refractivity contribution is 9.10. The van der Waals surface area contributed by atoms with Crippen LogP contribution >= 0.6 is 27.5 Å². The lowest BCUT2D eigenvalue weighted by molar-refractivity contribution is 1.06. The molecule has 1 aromatic carbocycles. The molecule has 0 aliphatic heterocycles. The molecule has 0 bridgehead atoms. The monoisotopic (exact) mass is 325 g/mol. The molecule has 2 rings (SSSR count). The Labute approximate surface area is 120 Å². The van der Waals surface area contributed by atoms with Crippen LogP contribution in [0.25, 0.3) is 0 Å². The third kappa shape index (κ3) is 2.83. The highest BCUT2D eigenvalue weighted by Gasteiger charge is 2.10. The maximum absolute atomic E-state index is 6.19. The fraction of sp³-hybridized carbons (Fsp3) is 0.154. The molecule has 2 N–H and O–H groups in total. The Balaban J connectivity index is 2.37. The Hall–Kier alpha value is -1.10. The maximum atomic E-state index is 6.19. The van der Waals surface area contributed by atoms with Gasteiger partial charge in [-0.2, -0.15) is 0 Å². The van der Waals surface area contributed by atoms with Gasteiger partial charge in [-0.25, -0.2) is 4.98 Å². The van der Waals surface area contributed by atoms with Crippen molar-refractivity contribution < 1.29 is 0 Å². The number of benzene rings is 1. The number of nitrogens with two attached hydrogens (primary N) is 1. The van der Waals surface area contributed by atoms with E-state index in [0.29, 0.717) is 17.4 Å². The minimum absolute atomic E-state index is 0.517. The van der Waals surface area contributed by atoms with Gasteiger partial charge < -0.3 is 10.6 Å². The number of anilines is 2. The van der Waals surface area contributed by atoms with Crippen LogP contribution in [0.2, 0.25) is 5.02 Å². The molecule has 0 fully saturated rings. The Kier molecular flexibility index (Phi) is 4.22. The molecule has 0 amide bonds. The number of halogens is 2. The molecule has 0 radical (unpaired) electrons. The first kappa shape index (κ1) is 13.3. The van der Waals surface area contributed by atoms with Crippen LogP contribution in [0.3, 0.4) is 0 Å². The van der Waals surface area contributed by atoms with Crippen molar-refractivity contribution in [3.8, 4) is 0 Å². The van der Waals surface area contributed by atoms with Crippen LogP contribution in [-0.2, 0) is 6.54 Å². The third-order valence-electron chi connectivity index (χ3n) is 2.64. The first-order chi connectivity index (χ1) is 8.61. The Morgan fingerprint density at radius 3 is 2.83 bits per heavy atom. The van der Waals surface area contributed by atoms with Crippen molar-refractivity contribution in [2.45, 2.75) is 6.54 Å². The molecule has 0 aliphatic rings. The summed E-state index contributed by atoms with van der Waals surface area (Å²) in [6.45, 7) is 0.517. The molecule has 1 heterocycles. The lowest BCUT2D eigenvalue weighted by Crippen LogP contribution is -2.12. The second kappa shape index (κ2) is 5.69. The minimum atomic E-state index is 0.517. The van der Waals surface area contributed by atoms with E-state index in [4.69, 9.17) is 17.3 Å². The van der Waals surface area contributed by atoms with Crippen LogP contribution in [0.15, 0.2) is 41.0 Å². The van der Waals surface area contributed by atoms with Gasteiger partial charge in [0, 0.05) is 29.9 Å². The number of nitrogens with zero attached hydrogens (tertiary/aromatic N) is 2. The molecule has 0 saturated carbocycles. The molecule has 0 spiro atoms. The van der Waals surface area contributed by atoms with Gasteiger partial charge in [-0.05, 0) is 39.7 Å². The molecule has 94 valence electrons. The zero-order valence-corrected chi connectivity index (χ0v) is 12.2. The molecule has 0 aliphatic carbocycles. The van der Waals surface area contributed by atoms with Gasteiger partial charge in [-0.1, -0.05) is 23.7 Å². The quantitative estimate of drug-likeness (QED) is 0.934. The fourth-order valence-electron chi connectivity index (χ4n) is 1.67. The molecule has 0 saturated heterocycles. The maximum Gasteiger partial charge on any atom is 0.151 e. The average Bonchev–Trinajstić information content (AvgIpc) is 2.38. The van der Waals surface area contributed by atoms with Crippen molar-refractivity contribution in [1.29, 1.82) is 0 Å². The zero-order valence-electron chi connectivity index (χ0n) is 9.90. The number of hydrogen-bond acceptors (Lipinski definition) is 3. The molecule has 0 unspecified atom stereocenters. The van der Waals surface area contributed by atoms with E-state index in [-0.39, 0.29) is 0 Å². The molecular weight excluding hydrogens is 314 g/mol. The summed E-state index contributed by atoms with van der Waals surface area (Å²) in [5.74, 6) is 0.717. The molecular formula is C13H13BrClN3. The van der Waals surface area contributed by atoms with E-state index in [1.165, 1.54) is 0 Å². The summed E-state index contributed by atoms with van der Waals surface area (Å²) in [6.07, 6.45) is 1.73. The van der Waals surface area contributed by atoms with Crippen LogP contribution in [0.5, 0.6) is 0 Å². The molecule has 5 heteroatoms. The molecule has 0 atom stereocenters. The van der Waals surface area contributed by atoms with Crippen molar-refractivity contribution in [3.05, 3.63) is 51.6 Å². The highest BCUT2D eigenvalue weighted by Crippen LogP contribution is 2.30. The molecule has 1 aromatic heterocycles. The fourth-order valence-corrected chi connectivity index (χ4v) is 2.42. The smallest absolute Gasteiger partial charge is 0.151 e. The van der Waals surface area contributed by atoms with Crippen molar-refractivity contribution >= 4 is 39.0 Å². The SMILES string of the molecule is CN(c1cccc(CN)c1)c1ncc(Br)cc1Cl. The number of rotatable bonds is 3. The van der Waals surface area contributed by atoms with Crippen LogP contribution in [0, 0.1) is 0 Å². The van der Waals surface area contributed by atoms with Crippen molar-refractivity contribution in [3.63, 3.8) is 0 Å². The van der Waals surface area contributed by atoms with E-state index in [1.807, 2.05) is 42.3 Å². The zero-order chi connectivity index (χ0) is 13.1. The summed E-state index contributed by atoms with van der Waals surface area (Å²) < 4.78 is 0.861. The summed E-state index contributed by atoms with van der Waals surface area (Å²) in [5.41, 5.74) is 7.73. The first-order valence-corrected chi connectivity index (χ1v) is 6.62. The molecule has 18 heavy (non-hydrogen) atoms. The topological polar surface area (TPSA) is 42.1 Å². The highest BCUT2D eigenvalue weighted by atomic mass is 79.9. The predicted octanol–water partition coefficient (Wildman–Crippen LogP) is 3.72. The van der Waals surface area contributed by atoms with E-state index in [0.717, 1.165) is 15.7 Å². The lowest BCUT2D eigenvalue weighted by Gasteiger charge is -2.20. The van der Waals surface area contributed by atoms with Crippen LogP contribution < -0.4 is 10.6 Å². The number of aromatic nitrogens is 1. The van der Waals surface area contributed by atoms with Crippen molar-refractivity contribution in [2.75, 3.05) is 11.9 Å². The second-order valence-corrected chi connectivity index (χ2v) is 5.21. The lowest BCUT2D eigenvalue weighted by atomic mass is 10.2. The Morgan fingerprint density at radius 1 is 1.39 bits per heavy atom. The van der Waals surface area contributed by atoms with Crippen LogP contribution in [0.1, 0.15) is 5.56 Å². The van der Waals surface area contributed by atoms with Gasteiger partial charge in [0.1, 0.15) is 0 Å². The van der Waals surface area contributed by atoms with Gasteiger partial charge in [0.25, 0.3) is 0 Å². The summed E-state index contributed by atoms with van der Waals surface area (Å²) >= 11 is 9.53. The number of hydrogen-bond donors (Lipinski definition) is 1. The standard InChI is InChI=1S/C13H13BrClN3/c1-18(11-4-2-3-9(5-11)7-16)13-12(15)6-10(14)8-17-13/h2-6,8H,7,16H2,1H3. The van der Waals surface area contributed by atoms with Gasteiger partial charge in [-0.3, -0.25) is 0 Å². The Bertz CT molecular complexity index is 560. The number of pyridine rings is 1. The predicted molar refractivity (Wildman–Crippen MR) is 79.3 cm³/mol. The first-order valence-electron chi connectivity index (χ1n) is 5.45. The summed E-state index contributed by atoms with van der Waals surface area (Å²) in [5, 5.41) is 0.602. The average molecular weight is 327 g/mol. The Morgan fingerprint density at radius 2 is 2.17 bits per heavy atom. The van der Waals surface area contributed by atoms with Crippen LogP contribution in [-0.4, -0.2) is 12.0 Å². The van der Waals surface area contributed by atoms with E-state index >= 15 is 0 Å². The summed E-state index contributed by atoms with van der Waals surface area (Å²) in [7, 11) is 1.93. The van der Waals surface area contributed by atoms with E-state index in [9.17, 15) is 0 Å². The van der Waals surface area contributed by atoms with Gasteiger partial charge >= 0.3 is 0 Å². The largest absolute Gasteiger partial charge is 0.328 e. The van der Waals surface area contributed by atoms with Gasteiger partial charge in [-0.15, -0.1) is 0 Å². The van der Waals surface area contributed by atoms with Crippen LogP contribution in [0.4, 0.5) is 11.5 Å². The molecule has 2 aromatic rings. The van der Waals surface area contributed by atoms with Crippen molar-refractivity contribution in [1.82, 2.24) is 4.98 Å². The normalized spacial score (nSPS) is 10.4. The van der Waals surface area contributed by atoms with E-state index in [2.05, 4.69) is 20.9 Å². The summed E-state index contributed by atoms with van der Waals surface area (Å²) in [4.78, 5) is 6.26. The third-order valence-corrected chi connectivity index (χ3v) is 3.35. The van der Waals surface area contributed by atoms with Gasteiger partial charge in [0.2, 0.25) is 0 Å². The van der Waals surface area contributed by atoms with Crippen molar-refractivity contribution in [2.24, 2.45) is 5.73 Å². The van der Waals surface area contributed by atoms with Gasteiger partial charge in [0.05, 0.1) is 5.02 Å².